The number of amides is 1. The first-order valence-electron chi connectivity index (χ1n) is 8.37. The lowest BCUT2D eigenvalue weighted by molar-refractivity contribution is 0.0176. The van der Waals surface area contributed by atoms with Crippen molar-refractivity contribution in [3.05, 3.63) is 35.4 Å². The van der Waals surface area contributed by atoms with Gasteiger partial charge in [-0.2, -0.15) is 0 Å². The van der Waals surface area contributed by atoms with Crippen LogP contribution >= 0.6 is 0 Å². The molecule has 1 aromatic carbocycles. The second kappa shape index (κ2) is 11.5. The van der Waals surface area contributed by atoms with Gasteiger partial charge in [-0.05, 0) is 46.1 Å². The Labute approximate surface area is 151 Å². The molecule has 1 aliphatic heterocycles. The average molecular weight is 349 g/mol. The summed E-state index contributed by atoms with van der Waals surface area (Å²) in [5, 5.41) is 17.7. The Hall–Kier alpha value is -2.03. The van der Waals surface area contributed by atoms with Crippen molar-refractivity contribution in [2.45, 2.75) is 58.8 Å². The van der Waals surface area contributed by atoms with Crippen molar-refractivity contribution in [3.63, 3.8) is 0 Å². The van der Waals surface area contributed by atoms with E-state index < -0.39 is 5.60 Å². The number of carbonyl (C=O) groups excluding carboxylic acids is 1. The van der Waals surface area contributed by atoms with E-state index in [9.17, 15) is 4.79 Å². The maximum atomic E-state index is 11.6. The van der Waals surface area contributed by atoms with E-state index in [2.05, 4.69) is 12.8 Å². The van der Waals surface area contributed by atoms with E-state index in [4.69, 9.17) is 14.9 Å². The molecule has 1 atom stereocenters. The lowest BCUT2D eigenvalue weighted by Crippen LogP contribution is -2.41. The largest absolute Gasteiger partial charge is 0.444 e. The number of terminal acetylenes is 1. The first-order valence-corrected chi connectivity index (χ1v) is 8.37. The molecule has 25 heavy (non-hydrogen) atoms. The van der Waals surface area contributed by atoms with Gasteiger partial charge in [0.1, 0.15) is 5.60 Å². The minimum absolute atomic E-state index is 0.0270. The summed E-state index contributed by atoms with van der Waals surface area (Å²) in [5.74, 6) is 0. The summed E-state index contributed by atoms with van der Waals surface area (Å²) in [6.45, 7) is 8.40. The topological polar surface area (TPSA) is 70.0 Å². The third kappa shape index (κ3) is 9.13. The molecule has 0 aromatic heterocycles. The monoisotopic (exact) mass is 349 g/mol. The first kappa shape index (κ1) is 23.0. The number of hydrogen-bond acceptors (Lipinski definition) is 4. The normalized spacial score (nSPS) is 16.2. The van der Waals surface area contributed by atoms with E-state index in [0.29, 0.717) is 6.54 Å². The summed E-state index contributed by atoms with van der Waals surface area (Å²) >= 11 is 0. The van der Waals surface area contributed by atoms with Crippen LogP contribution in [-0.2, 0) is 11.3 Å². The third-order valence-corrected chi connectivity index (χ3v) is 3.48. The third-order valence-electron chi connectivity index (χ3n) is 3.48. The number of likely N-dealkylation sites (tertiary alicyclic amines) is 1. The van der Waals surface area contributed by atoms with Crippen LogP contribution in [0.5, 0.6) is 0 Å². The number of aliphatic hydroxyl groups is 2. The molecule has 140 valence electrons. The molecular formula is C20H31NO4. The van der Waals surface area contributed by atoms with Gasteiger partial charge >= 0.3 is 6.09 Å². The second-order valence-corrected chi connectivity index (χ2v) is 6.80. The molecule has 1 aliphatic rings. The lowest BCUT2D eigenvalue weighted by Gasteiger charge is -2.27. The van der Waals surface area contributed by atoms with Crippen LogP contribution in [0.1, 0.15) is 44.7 Å². The van der Waals surface area contributed by atoms with Crippen LogP contribution in [-0.4, -0.2) is 46.0 Å². The van der Waals surface area contributed by atoms with E-state index in [0.717, 1.165) is 18.4 Å². The van der Waals surface area contributed by atoms with Crippen LogP contribution < -0.4 is 0 Å². The van der Waals surface area contributed by atoms with Crippen molar-refractivity contribution in [2.24, 2.45) is 0 Å². The zero-order chi connectivity index (χ0) is 19.5. The Bertz CT molecular complexity index is 534. The van der Waals surface area contributed by atoms with Gasteiger partial charge in [0.15, 0.2) is 0 Å². The molecule has 1 heterocycles. The summed E-state index contributed by atoms with van der Waals surface area (Å²) in [6.07, 6.45) is 9.51. The molecular weight excluding hydrogens is 318 g/mol. The quantitative estimate of drug-likeness (QED) is 0.805. The van der Waals surface area contributed by atoms with Gasteiger partial charge in [0, 0.05) is 6.54 Å². The summed E-state index contributed by atoms with van der Waals surface area (Å²) in [7, 11) is 0. The Kier molecular flexibility index (Phi) is 10.6. The van der Waals surface area contributed by atoms with Gasteiger partial charge in [-0.25, -0.2) is 4.79 Å². The predicted octanol–water partition coefficient (Wildman–Crippen LogP) is 3.11. The predicted molar refractivity (Wildman–Crippen MR) is 100 cm³/mol. The van der Waals surface area contributed by atoms with Crippen LogP contribution in [0, 0.1) is 19.8 Å². The average Bonchev–Trinajstić information content (AvgIpc) is 3.04. The minimum Gasteiger partial charge on any atom is -0.444 e. The summed E-state index contributed by atoms with van der Waals surface area (Å²) in [6, 6.07) is 7.79. The van der Waals surface area contributed by atoms with Gasteiger partial charge < -0.3 is 19.8 Å². The van der Waals surface area contributed by atoms with E-state index in [-0.39, 0.29) is 25.3 Å². The first-order chi connectivity index (χ1) is 11.8. The molecule has 2 rings (SSSR count). The molecule has 1 saturated heterocycles. The highest BCUT2D eigenvalue weighted by Gasteiger charge is 2.31. The van der Waals surface area contributed by atoms with Crippen molar-refractivity contribution >= 4 is 6.09 Å². The van der Waals surface area contributed by atoms with Gasteiger partial charge in [0.05, 0.1) is 19.3 Å². The van der Waals surface area contributed by atoms with Crippen LogP contribution in [0.4, 0.5) is 4.79 Å². The molecule has 0 bridgehead atoms. The highest BCUT2D eigenvalue weighted by molar-refractivity contribution is 5.68. The molecule has 5 nitrogen and oxygen atoms in total. The number of nitrogens with zero attached hydrogens (tertiary/aromatic N) is 1. The van der Waals surface area contributed by atoms with Gasteiger partial charge in [0.25, 0.3) is 0 Å². The van der Waals surface area contributed by atoms with E-state index >= 15 is 0 Å². The number of benzene rings is 1. The summed E-state index contributed by atoms with van der Waals surface area (Å²) in [4.78, 5) is 13.2. The Balaban J connectivity index is 0.000000451. The standard InChI is InChI=1S/C10H19NO3.C8H10O.C2H2/c1-10(2,3)14-9(13)11-6-4-5-8(11)7-12;1-7-3-2-4-8(5-7)6-9;1-2/h8,12H,4-7H2,1-3H3;2-5,9H,6H2,1H3;1-2H/t8-;;/m0../s1. The Morgan fingerprint density at radius 1 is 1.32 bits per heavy atom. The molecule has 1 aromatic rings. The number of rotatable bonds is 2. The maximum Gasteiger partial charge on any atom is 0.410 e. The van der Waals surface area contributed by atoms with Crippen LogP contribution in [0.2, 0.25) is 0 Å². The van der Waals surface area contributed by atoms with Gasteiger partial charge in [-0.3, -0.25) is 0 Å². The van der Waals surface area contributed by atoms with Crippen LogP contribution in [0.3, 0.4) is 0 Å². The fourth-order valence-electron chi connectivity index (χ4n) is 2.40. The lowest BCUT2D eigenvalue weighted by atomic mass is 10.1. The van der Waals surface area contributed by atoms with E-state index in [1.165, 1.54) is 5.56 Å². The minimum atomic E-state index is -0.459. The van der Waals surface area contributed by atoms with Crippen molar-refractivity contribution in [3.8, 4) is 12.8 Å². The molecule has 2 N–H and O–H groups in total. The number of aryl methyl sites for hydroxylation is 1. The zero-order valence-corrected chi connectivity index (χ0v) is 15.7. The highest BCUT2D eigenvalue weighted by atomic mass is 16.6. The summed E-state index contributed by atoms with van der Waals surface area (Å²) in [5.41, 5.74) is 1.72. The molecule has 0 unspecified atom stereocenters. The molecule has 0 radical (unpaired) electrons. The smallest absolute Gasteiger partial charge is 0.410 e. The van der Waals surface area contributed by atoms with E-state index in [1.54, 1.807) is 4.90 Å². The molecule has 0 saturated carbocycles. The fourth-order valence-corrected chi connectivity index (χ4v) is 2.40. The fraction of sp³-hybridized carbons (Fsp3) is 0.550. The number of ether oxygens (including phenoxy) is 1. The van der Waals surface area contributed by atoms with Crippen molar-refractivity contribution in [1.29, 1.82) is 0 Å². The molecule has 1 fully saturated rings. The second-order valence-electron chi connectivity index (χ2n) is 6.80. The molecule has 5 heteroatoms. The Morgan fingerprint density at radius 3 is 2.40 bits per heavy atom. The highest BCUT2D eigenvalue weighted by Crippen LogP contribution is 2.20. The Morgan fingerprint density at radius 2 is 1.96 bits per heavy atom. The molecule has 0 spiro atoms. The van der Waals surface area contributed by atoms with Gasteiger partial charge in [0.2, 0.25) is 0 Å². The molecule has 1 amide bonds. The number of carbonyl (C=O) groups is 1. The van der Waals surface area contributed by atoms with Crippen LogP contribution in [0.25, 0.3) is 0 Å². The maximum absolute atomic E-state index is 11.6. The van der Waals surface area contributed by atoms with Crippen LogP contribution in [0.15, 0.2) is 24.3 Å². The van der Waals surface area contributed by atoms with Gasteiger partial charge in [-0.15, -0.1) is 12.8 Å². The number of hydrogen-bond donors (Lipinski definition) is 2. The van der Waals surface area contributed by atoms with Crippen molar-refractivity contribution in [1.82, 2.24) is 4.90 Å². The van der Waals surface area contributed by atoms with Gasteiger partial charge in [-0.1, -0.05) is 29.8 Å². The SMILES string of the molecule is C#C.CC(C)(C)OC(=O)N1CCC[C@H]1CO.Cc1cccc(CO)c1. The number of aliphatic hydroxyl groups excluding tert-OH is 2. The summed E-state index contributed by atoms with van der Waals surface area (Å²) < 4.78 is 5.23. The van der Waals surface area contributed by atoms with Crippen molar-refractivity contribution < 1.29 is 19.7 Å². The zero-order valence-electron chi connectivity index (χ0n) is 15.7. The van der Waals surface area contributed by atoms with Crippen molar-refractivity contribution in [2.75, 3.05) is 13.2 Å². The van der Waals surface area contributed by atoms with E-state index in [1.807, 2.05) is 52.0 Å². The molecule has 0 aliphatic carbocycles.